The number of nitrogens with one attached hydrogen (secondary N) is 2. The summed E-state index contributed by atoms with van der Waals surface area (Å²) in [5.41, 5.74) is 1.92. The molecule has 0 radical (unpaired) electrons. The van der Waals surface area contributed by atoms with Crippen molar-refractivity contribution >= 4 is 5.91 Å². The quantitative estimate of drug-likeness (QED) is 0.828. The zero-order valence-electron chi connectivity index (χ0n) is 10.8. The summed E-state index contributed by atoms with van der Waals surface area (Å²) in [5, 5.41) is 2.79. The van der Waals surface area contributed by atoms with Gasteiger partial charge >= 0.3 is 0 Å². The molecule has 0 aliphatic rings. The normalized spacial score (nSPS) is 12.1. The molecule has 5 heteroatoms. The number of imidazole rings is 1. The Morgan fingerprint density at radius 1 is 1.42 bits per heavy atom. The van der Waals surface area contributed by atoms with Crippen molar-refractivity contribution in [1.82, 2.24) is 15.3 Å². The summed E-state index contributed by atoms with van der Waals surface area (Å²) < 4.78 is 5.52. The van der Waals surface area contributed by atoms with E-state index in [0.717, 1.165) is 11.3 Å². The van der Waals surface area contributed by atoms with Gasteiger partial charge in [-0.25, -0.2) is 4.98 Å². The second-order valence-corrected chi connectivity index (χ2v) is 4.23. The van der Waals surface area contributed by atoms with Crippen LogP contribution < -0.4 is 5.32 Å². The summed E-state index contributed by atoms with van der Waals surface area (Å²) >= 11 is 0. The molecule has 5 nitrogen and oxygen atoms in total. The van der Waals surface area contributed by atoms with Crippen LogP contribution in [0.3, 0.4) is 0 Å². The smallest absolute Gasteiger partial charge is 0.249 e. The Balaban J connectivity index is 1.73. The first-order chi connectivity index (χ1) is 9.25. The van der Waals surface area contributed by atoms with Crippen molar-refractivity contribution in [3.05, 3.63) is 54.1 Å². The zero-order chi connectivity index (χ0) is 13.5. The van der Waals surface area contributed by atoms with Crippen LogP contribution in [-0.2, 0) is 22.7 Å². The maximum absolute atomic E-state index is 11.8. The number of amides is 1. The molecule has 0 fully saturated rings. The molecule has 0 spiro atoms. The van der Waals surface area contributed by atoms with E-state index >= 15 is 0 Å². The number of aromatic amines is 1. The lowest BCUT2D eigenvalue weighted by Crippen LogP contribution is -2.34. The lowest BCUT2D eigenvalue weighted by molar-refractivity contribution is -0.132. The third-order valence-corrected chi connectivity index (χ3v) is 2.72. The number of hydrogen-bond acceptors (Lipinski definition) is 3. The number of carbonyl (C=O) groups is 1. The summed E-state index contributed by atoms with van der Waals surface area (Å²) in [6.45, 7) is 2.60. The van der Waals surface area contributed by atoms with Crippen LogP contribution in [0.25, 0.3) is 0 Å². The predicted octanol–water partition coefficient (Wildman–Crippen LogP) is 1.63. The summed E-state index contributed by atoms with van der Waals surface area (Å²) in [5.74, 6) is -0.134. The number of aromatic nitrogens is 2. The molecule has 0 aliphatic heterocycles. The van der Waals surface area contributed by atoms with E-state index in [4.69, 9.17) is 4.74 Å². The first kappa shape index (κ1) is 13.3. The molecule has 0 saturated heterocycles. The fourth-order valence-corrected chi connectivity index (χ4v) is 1.58. The third-order valence-electron chi connectivity index (χ3n) is 2.72. The highest BCUT2D eigenvalue weighted by molar-refractivity contribution is 5.80. The molecule has 2 N–H and O–H groups in total. The predicted molar refractivity (Wildman–Crippen MR) is 71.1 cm³/mol. The van der Waals surface area contributed by atoms with E-state index in [-0.39, 0.29) is 5.91 Å². The van der Waals surface area contributed by atoms with Crippen LogP contribution in [0.2, 0.25) is 0 Å². The van der Waals surface area contributed by atoms with E-state index in [1.54, 1.807) is 19.4 Å². The fourth-order valence-electron chi connectivity index (χ4n) is 1.58. The monoisotopic (exact) mass is 259 g/mol. The minimum absolute atomic E-state index is 0.134. The van der Waals surface area contributed by atoms with Gasteiger partial charge in [-0.1, -0.05) is 30.3 Å². The topological polar surface area (TPSA) is 67.0 Å². The largest absolute Gasteiger partial charge is 0.364 e. The van der Waals surface area contributed by atoms with Crippen LogP contribution in [0.15, 0.2) is 42.9 Å². The standard InChI is InChI=1S/C14H17N3O2/c1-11(19-9-12-5-3-2-4-6-12)14(18)16-8-13-7-15-10-17-13/h2-7,10-11H,8-9H2,1H3,(H,15,17)(H,16,18). The summed E-state index contributed by atoms with van der Waals surface area (Å²) in [6.07, 6.45) is 2.77. The molecule has 100 valence electrons. The Hall–Kier alpha value is -2.14. The van der Waals surface area contributed by atoms with E-state index in [2.05, 4.69) is 15.3 Å². The van der Waals surface area contributed by atoms with Crippen molar-refractivity contribution in [2.45, 2.75) is 26.2 Å². The van der Waals surface area contributed by atoms with Crippen LogP contribution in [0.1, 0.15) is 18.2 Å². The maximum Gasteiger partial charge on any atom is 0.249 e. The van der Waals surface area contributed by atoms with Crippen LogP contribution in [0.5, 0.6) is 0 Å². The van der Waals surface area contributed by atoms with Crippen molar-refractivity contribution in [3.63, 3.8) is 0 Å². The van der Waals surface area contributed by atoms with Gasteiger partial charge in [0.2, 0.25) is 5.91 Å². The van der Waals surface area contributed by atoms with Gasteiger partial charge in [0.25, 0.3) is 0 Å². The highest BCUT2D eigenvalue weighted by Crippen LogP contribution is 2.03. The van der Waals surface area contributed by atoms with Crippen molar-refractivity contribution in [3.8, 4) is 0 Å². The van der Waals surface area contributed by atoms with Gasteiger partial charge in [-0.05, 0) is 12.5 Å². The third kappa shape index (κ3) is 4.22. The molecule has 0 saturated carbocycles. The molecule has 0 aliphatic carbocycles. The average molecular weight is 259 g/mol. The molecule has 1 heterocycles. The fraction of sp³-hybridized carbons (Fsp3) is 0.286. The Morgan fingerprint density at radius 2 is 2.21 bits per heavy atom. The number of nitrogens with zero attached hydrogens (tertiary/aromatic N) is 1. The maximum atomic E-state index is 11.8. The van der Waals surface area contributed by atoms with Gasteiger partial charge in [0, 0.05) is 6.20 Å². The van der Waals surface area contributed by atoms with Gasteiger partial charge in [0.05, 0.1) is 25.2 Å². The van der Waals surface area contributed by atoms with E-state index in [0.29, 0.717) is 13.2 Å². The Morgan fingerprint density at radius 3 is 2.89 bits per heavy atom. The Kier molecular flexibility index (Phi) is 4.69. The Labute approximate surface area is 112 Å². The molecule has 0 bridgehead atoms. The lowest BCUT2D eigenvalue weighted by atomic mass is 10.2. The first-order valence-corrected chi connectivity index (χ1v) is 6.16. The molecule has 1 aromatic heterocycles. The molecule has 2 rings (SSSR count). The van der Waals surface area contributed by atoms with Gasteiger partial charge in [-0.2, -0.15) is 0 Å². The van der Waals surface area contributed by atoms with E-state index in [9.17, 15) is 4.79 Å². The lowest BCUT2D eigenvalue weighted by Gasteiger charge is -2.13. The molecule has 1 unspecified atom stereocenters. The van der Waals surface area contributed by atoms with Crippen LogP contribution in [0.4, 0.5) is 0 Å². The number of ether oxygens (including phenoxy) is 1. The molecular weight excluding hydrogens is 242 g/mol. The van der Waals surface area contributed by atoms with E-state index in [1.165, 1.54) is 0 Å². The van der Waals surface area contributed by atoms with Gasteiger partial charge in [-0.15, -0.1) is 0 Å². The minimum atomic E-state index is -0.483. The first-order valence-electron chi connectivity index (χ1n) is 6.16. The summed E-state index contributed by atoms with van der Waals surface area (Å²) in [6, 6.07) is 9.78. The molecule has 2 aromatic rings. The van der Waals surface area contributed by atoms with E-state index in [1.807, 2.05) is 30.3 Å². The second-order valence-electron chi connectivity index (χ2n) is 4.23. The molecule has 1 aromatic carbocycles. The summed E-state index contributed by atoms with van der Waals surface area (Å²) in [7, 11) is 0. The number of hydrogen-bond donors (Lipinski definition) is 2. The average Bonchev–Trinajstić information content (AvgIpc) is 2.96. The van der Waals surface area contributed by atoms with Crippen LogP contribution in [-0.4, -0.2) is 22.0 Å². The highest BCUT2D eigenvalue weighted by atomic mass is 16.5. The summed E-state index contributed by atoms with van der Waals surface area (Å²) in [4.78, 5) is 18.6. The van der Waals surface area contributed by atoms with Gasteiger partial charge in [0.15, 0.2) is 0 Å². The van der Waals surface area contributed by atoms with Gasteiger partial charge in [0.1, 0.15) is 6.10 Å². The molecule has 1 amide bonds. The minimum Gasteiger partial charge on any atom is -0.364 e. The van der Waals surface area contributed by atoms with Gasteiger partial charge in [-0.3, -0.25) is 4.79 Å². The molecule has 19 heavy (non-hydrogen) atoms. The molecule has 1 atom stereocenters. The van der Waals surface area contributed by atoms with Crippen molar-refractivity contribution in [1.29, 1.82) is 0 Å². The van der Waals surface area contributed by atoms with Crippen molar-refractivity contribution < 1.29 is 9.53 Å². The SMILES string of the molecule is CC(OCc1ccccc1)C(=O)NCc1cnc[nH]1. The van der Waals surface area contributed by atoms with Crippen molar-refractivity contribution in [2.24, 2.45) is 0 Å². The van der Waals surface area contributed by atoms with Gasteiger partial charge < -0.3 is 15.0 Å². The number of H-pyrrole nitrogens is 1. The zero-order valence-corrected chi connectivity index (χ0v) is 10.8. The number of rotatable bonds is 6. The van der Waals surface area contributed by atoms with E-state index < -0.39 is 6.10 Å². The van der Waals surface area contributed by atoms with Crippen LogP contribution in [0, 0.1) is 0 Å². The molecular formula is C14H17N3O2. The van der Waals surface area contributed by atoms with Crippen LogP contribution >= 0.6 is 0 Å². The second kappa shape index (κ2) is 6.70. The number of benzene rings is 1. The highest BCUT2D eigenvalue weighted by Gasteiger charge is 2.13. The van der Waals surface area contributed by atoms with Crippen molar-refractivity contribution in [2.75, 3.05) is 0 Å². The Bertz CT molecular complexity index is 497. The number of carbonyl (C=O) groups excluding carboxylic acids is 1.